The number of anilines is 1. The van der Waals surface area contributed by atoms with E-state index in [4.69, 9.17) is 22.5 Å². The van der Waals surface area contributed by atoms with Gasteiger partial charge in [-0.25, -0.2) is 0 Å². The Bertz CT molecular complexity index is 676. The van der Waals surface area contributed by atoms with Gasteiger partial charge in [-0.15, -0.1) is 0 Å². The Labute approximate surface area is 136 Å². The van der Waals surface area contributed by atoms with E-state index in [1.54, 1.807) is 18.2 Å². The molecule has 0 heterocycles. The molecule has 0 radical (unpaired) electrons. The Hall–Kier alpha value is -1.72. The van der Waals surface area contributed by atoms with Crippen LogP contribution in [0.3, 0.4) is 0 Å². The highest BCUT2D eigenvalue weighted by atomic mass is 79.9. The Morgan fingerprint density at radius 1 is 1.33 bits per heavy atom. The molecule has 0 aliphatic rings. The zero-order valence-corrected chi connectivity index (χ0v) is 13.8. The highest BCUT2D eigenvalue weighted by Gasteiger charge is 2.12. The van der Waals surface area contributed by atoms with Crippen LogP contribution < -0.4 is 10.6 Å². The first-order valence-electron chi connectivity index (χ1n) is 6.24. The van der Waals surface area contributed by atoms with Gasteiger partial charge in [-0.2, -0.15) is 0 Å². The van der Waals surface area contributed by atoms with E-state index in [9.17, 15) is 0 Å². The van der Waals surface area contributed by atoms with Gasteiger partial charge in [-0.05, 0) is 35.9 Å². The van der Waals surface area contributed by atoms with Gasteiger partial charge in [0.15, 0.2) is 5.84 Å². The van der Waals surface area contributed by atoms with E-state index >= 15 is 0 Å². The van der Waals surface area contributed by atoms with Crippen LogP contribution in [0.5, 0.6) is 0 Å². The van der Waals surface area contributed by atoms with Gasteiger partial charge in [-0.3, -0.25) is 0 Å². The van der Waals surface area contributed by atoms with Crippen molar-refractivity contribution in [2.24, 2.45) is 10.9 Å². The lowest BCUT2D eigenvalue weighted by atomic mass is 10.1. The fraction of sp³-hybridized carbons (Fsp3) is 0.133. The molecule has 4 nitrogen and oxygen atoms in total. The largest absolute Gasteiger partial charge is 0.409 e. The van der Waals surface area contributed by atoms with Crippen molar-refractivity contribution in [1.82, 2.24) is 0 Å². The number of hydrogen-bond donors (Lipinski definition) is 2. The van der Waals surface area contributed by atoms with Crippen LogP contribution in [0.15, 0.2) is 52.1 Å². The Kier molecular flexibility index (Phi) is 5.09. The summed E-state index contributed by atoms with van der Waals surface area (Å²) in [6.45, 7) is 0.672. The predicted octanol–water partition coefficient (Wildman–Crippen LogP) is 3.83. The highest BCUT2D eigenvalue weighted by Crippen LogP contribution is 2.26. The molecule has 0 amide bonds. The van der Waals surface area contributed by atoms with Gasteiger partial charge in [0.2, 0.25) is 0 Å². The van der Waals surface area contributed by atoms with Crippen molar-refractivity contribution < 1.29 is 5.21 Å². The lowest BCUT2D eigenvalue weighted by molar-refractivity contribution is 0.318. The van der Waals surface area contributed by atoms with E-state index < -0.39 is 0 Å². The number of benzene rings is 2. The molecule has 2 rings (SSSR count). The summed E-state index contributed by atoms with van der Waals surface area (Å²) in [4.78, 5) is 2.00. The normalized spacial score (nSPS) is 11.5. The number of nitrogens with two attached hydrogens (primary N) is 1. The maximum Gasteiger partial charge on any atom is 0.172 e. The van der Waals surface area contributed by atoms with Crippen molar-refractivity contribution in [3.8, 4) is 0 Å². The quantitative estimate of drug-likeness (QED) is 0.373. The number of rotatable bonds is 4. The molecule has 2 aromatic carbocycles. The molecule has 0 spiro atoms. The predicted molar refractivity (Wildman–Crippen MR) is 90.2 cm³/mol. The second kappa shape index (κ2) is 6.83. The third-order valence-electron chi connectivity index (χ3n) is 3.06. The third-order valence-corrected chi connectivity index (χ3v) is 3.79. The van der Waals surface area contributed by atoms with Crippen LogP contribution >= 0.6 is 27.5 Å². The summed E-state index contributed by atoms with van der Waals surface area (Å²) in [5, 5.41) is 12.6. The first-order chi connectivity index (χ1) is 10.0. The van der Waals surface area contributed by atoms with E-state index in [1.807, 2.05) is 36.2 Å². The van der Waals surface area contributed by atoms with E-state index in [2.05, 4.69) is 21.1 Å². The Morgan fingerprint density at radius 2 is 2.10 bits per heavy atom. The SMILES string of the molecule is CN(Cc1cccc(Br)c1)c1cc(Cl)ccc1C(N)=NO. The molecular formula is C15H15BrClN3O. The van der Waals surface area contributed by atoms with Gasteiger partial charge >= 0.3 is 0 Å². The van der Waals surface area contributed by atoms with Crippen molar-refractivity contribution in [1.29, 1.82) is 0 Å². The zero-order chi connectivity index (χ0) is 15.4. The fourth-order valence-electron chi connectivity index (χ4n) is 2.09. The van der Waals surface area contributed by atoms with Crippen molar-refractivity contribution >= 4 is 39.1 Å². The van der Waals surface area contributed by atoms with Crippen LogP contribution in [-0.4, -0.2) is 18.1 Å². The van der Waals surface area contributed by atoms with Gasteiger partial charge in [0.1, 0.15) is 0 Å². The van der Waals surface area contributed by atoms with Crippen LogP contribution in [0.4, 0.5) is 5.69 Å². The first-order valence-corrected chi connectivity index (χ1v) is 7.41. The minimum absolute atomic E-state index is 0.0581. The average Bonchev–Trinajstić information content (AvgIpc) is 2.46. The maximum atomic E-state index is 8.90. The molecule has 0 atom stereocenters. The standard InChI is InChI=1S/C15H15BrClN3O/c1-20(9-10-3-2-4-11(16)7-10)14-8-12(17)5-6-13(14)15(18)19-21/h2-8,21H,9H2,1H3,(H2,18,19). The van der Waals surface area contributed by atoms with Crippen LogP contribution in [0.25, 0.3) is 0 Å². The van der Waals surface area contributed by atoms with Gasteiger partial charge in [-0.1, -0.05) is 44.8 Å². The molecule has 0 aliphatic heterocycles. The Balaban J connectivity index is 2.34. The molecule has 21 heavy (non-hydrogen) atoms. The van der Waals surface area contributed by atoms with Gasteiger partial charge < -0.3 is 15.8 Å². The van der Waals surface area contributed by atoms with E-state index in [0.29, 0.717) is 17.1 Å². The van der Waals surface area contributed by atoms with Crippen LogP contribution in [-0.2, 0) is 6.54 Å². The van der Waals surface area contributed by atoms with E-state index in [-0.39, 0.29) is 5.84 Å². The smallest absolute Gasteiger partial charge is 0.172 e. The second-order valence-corrected chi connectivity index (χ2v) is 5.98. The minimum Gasteiger partial charge on any atom is -0.409 e. The van der Waals surface area contributed by atoms with Crippen LogP contribution in [0.2, 0.25) is 5.02 Å². The fourth-order valence-corrected chi connectivity index (χ4v) is 2.70. The molecule has 0 saturated heterocycles. The number of halogens is 2. The molecule has 0 aromatic heterocycles. The van der Waals surface area contributed by atoms with E-state index in [1.165, 1.54) is 0 Å². The summed E-state index contributed by atoms with van der Waals surface area (Å²) in [6.07, 6.45) is 0. The first kappa shape index (κ1) is 15.7. The molecule has 0 fully saturated rings. The van der Waals surface area contributed by atoms with Gasteiger partial charge in [0.05, 0.1) is 0 Å². The number of nitrogens with zero attached hydrogens (tertiary/aromatic N) is 2. The van der Waals surface area contributed by atoms with Crippen molar-refractivity contribution in [2.75, 3.05) is 11.9 Å². The molecule has 0 unspecified atom stereocenters. The maximum absolute atomic E-state index is 8.90. The molecule has 0 bridgehead atoms. The molecule has 6 heteroatoms. The van der Waals surface area contributed by atoms with Gasteiger partial charge in [0, 0.05) is 34.3 Å². The second-order valence-electron chi connectivity index (χ2n) is 4.63. The molecule has 3 N–H and O–H groups in total. The van der Waals surface area contributed by atoms with E-state index in [0.717, 1.165) is 15.7 Å². The van der Waals surface area contributed by atoms with Gasteiger partial charge in [0.25, 0.3) is 0 Å². The summed E-state index contributed by atoms with van der Waals surface area (Å²) >= 11 is 9.52. The molecule has 0 saturated carbocycles. The molecule has 110 valence electrons. The number of hydrogen-bond acceptors (Lipinski definition) is 3. The average molecular weight is 369 g/mol. The summed E-state index contributed by atoms with van der Waals surface area (Å²) in [5.74, 6) is 0.0581. The highest BCUT2D eigenvalue weighted by molar-refractivity contribution is 9.10. The number of oxime groups is 1. The third kappa shape index (κ3) is 3.89. The van der Waals surface area contributed by atoms with Crippen LogP contribution in [0, 0.1) is 0 Å². The summed E-state index contributed by atoms with van der Waals surface area (Å²) in [6, 6.07) is 13.3. The zero-order valence-electron chi connectivity index (χ0n) is 11.4. The Morgan fingerprint density at radius 3 is 2.76 bits per heavy atom. The minimum atomic E-state index is 0.0581. The summed E-state index contributed by atoms with van der Waals surface area (Å²) in [7, 11) is 1.93. The molecule has 0 aliphatic carbocycles. The monoisotopic (exact) mass is 367 g/mol. The number of amidine groups is 1. The topological polar surface area (TPSA) is 61.8 Å². The van der Waals surface area contributed by atoms with Crippen molar-refractivity contribution in [3.63, 3.8) is 0 Å². The van der Waals surface area contributed by atoms with Crippen LogP contribution in [0.1, 0.15) is 11.1 Å². The lowest BCUT2D eigenvalue weighted by Gasteiger charge is -2.22. The summed E-state index contributed by atoms with van der Waals surface area (Å²) in [5.41, 5.74) is 8.30. The lowest BCUT2D eigenvalue weighted by Crippen LogP contribution is -2.22. The molecular weight excluding hydrogens is 354 g/mol. The molecule has 2 aromatic rings. The summed E-state index contributed by atoms with van der Waals surface area (Å²) < 4.78 is 1.02. The van der Waals surface area contributed by atoms with Crippen molar-refractivity contribution in [2.45, 2.75) is 6.54 Å². The van der Waals surface area contributed by atoms with Crippen molar-refractivity contribution in [3.05, 3.63) is 63.1 Å².